The molecule has 0 saturated carbocycles. The van der Waals surface area contributed by atoms with Crippen molar-refractivity contribution in [1.29, 1.82) is 0 Å². The van der Waals surface area contributed by atoms with Gasteiger partial charge in [0, 0.05) is 16.4 Å². The minimum Gasteiger partial charge on any atom is -0.497 e. The molecule has 1 N–H and O–H groups in total. The molecular formula is C30H25ClFNO5S2. The molecule has 1 amide bonds. The van der Waals surface area contributed by atoms with Crippen LogP contribution in [0.4, 0.5) is 4.39 Å². The lowest BCUT2D eigenvalue weighted by molar-refractivity contribution is -0.148. The topological polar surface area (TPSA) is 83.9 Å². The zero-order chi connectivity index (χ0) is 28.8. The van der Waals surface area contributed by atoms with Gasteiger partial charge in [-0.15, -0.1) is 22.7 Å². The molecule has 2 aromatic heterocycles. The molecule has 0 radical (unpaired) electrons. The average Bonchev–Trinajstić information content (AvgIpc) is 3.63. The first kappa shape index (κ1) is 28.0. The zero-order valence-electron chi connectivity index (χ0n) is 21.8. The Morgan fingerprint density at radius 2 is 1.82 bits per heavy atom. The lowest BCUT2D eigenvalue weighted by Gasteiger charge is -2.38. The third-order valence-electron chi connectivity index (χ3n) is 7.55. The number of carbonyl (C=O) groups excluding carboxylic acids is 2. The summed E-state index contributed by atoms with van der Waals surface area (Å²) < 4.78 is 20.1. The minimum atomic E-state index is -1.90. The molecule has 1 saturated heterocycles. The van der Waals surface area contributed by atoms with Crippen molar-refractivity contribution in [2.75, 3.05) is 7.11 Å². The SMILES string of the molecule is COc1cccc(C2C(C(=O)c3ccc(Cl)s3)C(c3sccc3C)N(C(=O)c3cccc(F)c3)C2(C)C(=O)O)c1. The highest BCUT2D eigenvalue weighted by atomic mass is 35.5. The van der Waals surface area contributed by atoms with E-state index in [1.807, 2.05) is 18.4 Å². The number of carboxylic acid groups (broad SMARTS) is 1. The van der Waals surface area contributed by atoms with Crippen LogP contribution in [-0.2, 0) is 4.79 Å². The summed E-state index contributed by atoms with van der Waals surface area (Å²) in [5.74, 6) is -4.44. The Balaban J connectivity index is 1.84. The van der Waals surface area contributed by atoms with Crippen LogP contribution < -0.4 is 4.74 Å². The summed E-state index contributed by atoms with van der Waals surface area (Å²) >= 11 is 8.65. The number of thiophene rings is 2. The maximum Gasteiger partial charge on any atom is 0.330 e. The van der Waals surface area contributed by atoms with Crippen LogP contribution in [0.25, 0.3) is 0 Å². The van der Waals surface area contributed by atoms with Crippen molar-refractivity contribution in [3.8, 4) is 5.75 Å². The van der Waals surface area contributed by atoms with Crippen LogP contribution in [-0.4, -0.2) is 40.3 Å². The maximum absolute atomic E-state index is 14.4. The van der Waals surface area contributed by atoms with E-state index in [1.165, 1.54) is 48.5 Å². The Bertz CT molecular complexity index is 1620. The highest BCUT2D eigenvalue weighted by Gasteiger charge is 2.65. The molecule has 1 aliphatic heterocycles. The highest BCUT2D eigenvalue weighted by Crippen LogP contribution is 2.58. The number of aryl methyl sites for hydroxylation is 1. The summed E-state index contributed by atoms with van der Waals surface area (Å²) in [6.07, 6.45) is 0. The van der Waals surface area contributed by atoms with Crippen LogP contribution in [0.15, 0.2) is 72.1 Å². The lowest BCUT2D eigenvalue weighted by Crippen LogP contribution is -2.54. The number of ether oxygens (including phenoxy) is 1. The molecule has 10 heteroatoms. The Hall–Kier alpha value is -3.53. The molecule has 4 unspecified atom stereocenters. The number of halogens is 2. The fourth-order valence-electron chi connectivity index (χ4n) is 5.71. The van der Waals surface area contributed by atoms with E-state index >= 15 is 0 Å². The number of Topliss-reactive ketones (excluding diaryl/α,β-unsaturated/α-hetero) is 1. The first-order valence-corrected chi connectivity index (χ1v) is 14.5. The van der Waals surface area contributed by atoms with Crippen molar-refractivity contribution in [2.45, 2.75) is 31.3 Å². The lowest BCUT2D eigenvalue weighted by atomic mass is 9.73. The van der Waals surface area contributed by atoms with Crippen molar-refractivity contribution < 1.29 is 28.6 Å². The quantitative estimate of drug-likeness (QED) is 0.227. The van der Waals surface area contributed by atoms with E-state index in [2.05, 4.69) is 0 Å². The second kappa shape index (κ2) is 10.8. The number of carboxylic acids is 1. The summed E-state index contributed by atoms with van der Waals surface area (Å²) in [6.45, 7) is 3.32. The minimum absolute atomic E-state index is 0.0108. The van der Waals surface area contributed by atoms with E-state index in [9.17, 15) is 23.9 Å². The monoisotopic (exact) mass is 597 g/mol. The molecule has 0 aliphatic carbocycles. The fourth-order valence-corrected chi connectivity index (χ4v) is 7.80. The first-order valence-electron chi connectivity index (χ1n) is 12.4. The third kappa shape index (κ3) is 4.62. The normalized spacial score (nSPS) is 22.3. The molecule has 4 aromatic rings. The number of aliphatic carboxylic acids is 1. The van der Waals surface area contributed by atoms with Gasteiger partial charge in [0.15, 0.2) is 5.78 Å². The van der Waals surface area contributed by atoms with Gasteiger partial charge in [-0.1, -0.05) is 29.8 Å². The van der Waals surface area contributed by atoms with E-state index in [0.717, 1.165) is 23.0 Å². The van der Waals surface area contributed by atoms with E-state index < -0.39 is 41.1 Å². The van der Waals surface area contributed by atoms with Gasteiger partial charge < -0.3 is 14.7 Å². The van der Waals surface area contributed by atoms with Gasteiger partial charge in [-0.2, -0.15) is 0 Å². The summed E-state index contributed by atoms with van der Waals surface area (Å²) in [6, 6.07) is 16.2. The van der Waals surface area contributed by atoms with Crippen molar-refractivity contribution >= 4 is 51.9 Å². The van der Waals surface area contributed by atoms with Crippen LogP contribution in [0, 0.1) is 18.7 Å². The van der Waals surface area contributed by atoms with Gasteiger partial charge >= 0.3 is 5.97 Å². The van der Waals surface area contributed by atoms with Gasteiger partial charge in [-0.25, -0.2) is 9.18 Å². The highest BCUT2D eigenvalue weighted by molar-refractivity contribution is 7.18. The number of benzene rings is 2. The van der Waals surface area contributed by atoms with Crippen LogP contribution in [0.3, 0.4) is 0 Å². The number of methoxy groups -OCH3 is 1. The van der Waals surface area contributed by atoms with Crippen LogP contribution in [0.5, 0.6) is 5.75 Å². The second-order valence-electron chi connectivity index (χ2n) is 9.80. The number of likely N-dealkylation sites (tertiary alicyclic amines) is 1. The molecular weight excluding hydrogens is 573 g/mol. The summed E-state index contributed by atoms with van der Waals surface area (Å²) in [7, 11) is 1.50. The second-order valence-corrected chi connectivity index (χ2v) is 12.5. The van der Waals surface area contributed by atoms with Crippen molar-refractivity contribution in [1.82, 2.24) is 4.90 Å². The van der Waals surface area contributed by atoms with Crippen molar-refractivity contribution in [3.63, 3.8) is 0 Å². The molecule has 2 aromatic carbocycles. The molecule has 3 heterocycles. The van der Waals surface area contributed by atoms with Crippen molar-refractivity contribution in [3.05, 3.63) is 109 Å². The largest absolute Gasteiger partial charge is 0.497 e. The summed E-state index contributed by atoms with van der Waals surface area (Å²) in [5, 5.41) is 12.7. The third-order valence-corrected chi connectivity index (χ3v) is 9.88. The molecule has 5 rings (SSSR count). The number of ketones is 1. The smallest absolute Gasteiger partial charge is 0.330 e. The Kier molecular flexibility index (Phi) is 7.56. The number of rotatable bonds is 7. The molecule has 0 spiro atoms. The van der Waals surface area contributed by atoms with E-state index in [4.69, 9.17) is 16.3 Å². The molecule has 0 bridgehead atoms. The number of nitrogens with zero attached hydrogens (tertiary/aromatic N) is 1. The van der Waals surface area contributed by atoms with Gasteiger partial charge in [0.25, 0.3) is 5.91 Å². The van der Waals surface area contributed by atoms with Gasteiger partial charge in [-0.05, 0) is 78.9 Å². The van der Waals surface area contributed by atoms with E-state index in [1.54, 1.807) is 36.4 Å². The number of hydrogen-bond donors (Lipinski definition) is 1. The fraction of sp³-hybridized carbons (Fsp3) is 0.233. The van der Waals surface area contributed by atoms with E-state index in [-0.39, 0.29) is 11.3 Å². The van der Waals surface area contributed by atoms with Crippen LogP contribution in [0.2, 0.25) is 4.34 Å². The van der Waals surface area contributed by atoms with Gasteiger partial charge in [0.2, 0.25) is 0 Å². The van der Waals surface area contributed by atoms with Gasteiger partial charge in [0.05, 0.1) is 28.3 Å². The number of carbonyl (C=O) groups is 3. The van der Waals surface area contributed by atoms with Gasteiger partial charge in [0.1, 0.15) is 17.1 Å². The Labute approximate surface area is 243 Å². The predicted molar refractivity (Wildman–Crippen MR) is 153 cm³/mol. The average molecular weight is 598 g/mol. The summed E-state index contributed by atoms with van der Waals surface area (Å²) in [5.41, 5.74) is -0.575. The maximum atomic E-state index is 14.4. The molecule has 6 nitrogen and oxygen atoms in total. The molecule has 1 fully saturated rings. The Morgan fingerprint density at radius 1 is 1.07 bits per heavy atom. The zero-order valence-corrected chi connectivity index (χ0v) is 24.1. The summed E-state index contributed by atoms with van der Waals surface area (Å²) in [4.78, 5) is 44.4. The standard InChI is InChI=1S/C30H25ClFNO5S2/c1-16-12-13-39-27(16)25-23(26(34)21-10-11-22(31)40-21)24(17-6-5-9-20(15-17)38-3)30(2,29(36)37)33(25)28(35)18-7-4-8-19(32)14-18/h4-15,23-25H,1-3H3,(H,36,37). The van der Waals surface area contributed by atoms with Crippen LogP contribution >= 0.6 is 34.3 Å². The number of amides is 1. The molecule has 40 heavy (non-hydrogen) atoms. The predicted octanol–water partition coefficient (Wildman–Crippen LogP) is 7.24. The van der Waals surface area contributed by atoms with Gasteiger partial charge in [-0.3, -0.25) is 9.59 Å². The Morgan fingerprint density at radius 3 is 2.42 bits per heavy atom. The van der Waals surface area contributed by atoms with Crippen molar-refractivity contribution in [2.24, 2.45) is 5.92 Å². The van der Waals surface area contributed by atoms with Crippen LogP contribution in [0.1, 0.15) is 54.9 Å². The first-order chi connectivity index (χ1) is 19.1. The molecule has 4 atom stereocenters. The number of hydrogen-bond acceptors (Lipinski definition) is 6. The molecule has 1 aliphatic rings. The van der Waals surface area contributed by atoms with E-state index in [0.29, 0.717) is 25.4 Å². The molecule has 206 valence electrons.